The van der Waals surface area contributed by atoms with Crippen molar-refractivity contribution in [3.63, 3.8) is 0 Å². The number of carbonyl (C=O) groups excluding carboxylic acids is 6. The van der Waals surface area contributed by atoms with Gasteiger partial charge in [-0.05, 0) is 134 Å². The van der Waals surface area contributed by atoms with Crippen LogP contribution < -0.4 is 31.9 Å². The number of rotatable bonds is 14. The third kappa shape index (κ3) is 11.4. The first kappa shape index (κ1) is 51.7. The molecule has 14 nitrogen and oxygen atoms in total. The number of nitrogens with one attached hydrogen (secondary N) is 6. The Morgan fingerprint density at radius 3 is 1.68 bits per heavy atom. The topological polar surface area (TPSA) is 181 Å². The molecule has 0 bridgehead atoms. The molecule has 2 aliphatic heterocycles. The quantitative estimate of drug-likeness (QED) is 0.119. The molecule has 0 radical (unpaired) electrons. The zero-order chi connectivity index (χ0) is 50.9. The smallest absolute Gasteiger partial charge is 0.246 e. The summed E-state index contributed by atoms with van der Waals surface area (Å²) >= 11 is 0. The highest BCUT2D eigenvalue weighted by molar-refractivity contribution is 5.95. The second kappa shape index (κ2) is 21.2. The number of hydrogen-bond acceptors (Lipinski definition) is 8. The maximum absolute atomic E-state index is 15.3. The maximum Gasteiger partial charge on any atom is 0.246 e. The van der Waals surface area contributed by atoms with E-state index in [1.807, 2.05) is 77.9 Å². The van der Waals surface area contributed by atoms with Gasteiger partial charge in [0.2, 0.25) is 35.4 Å². The zero-order valence-corrected chi connectivity index (χ0v) is 43.5. The van der Waals surface area contributed by atoms with Crippen molar-refractivity contribution in [1.29, 1.82) is 0 Å². The van der Waals surface area contributed by atoms with E-state index >= 15 is 9.59 Å². The number of aryl methyl sites for hydroxylation is 2. The average Bonchev–Trinajstić information content (AvgIpc) is 4.08. The van der Waals surface area contributed by atoms with E-state index in [2.05, 4.69) is 62.2 Å². The van der Waals surface area contributed by atoms with E-state index < -0.39 is 47.1 Å². The Kier molecular flexibility index (Phi) is 15.5. The first-order valence-corrected chi connectivity index (χ1v) is 26.2. The molecule has 3 aromatic carbocycles. The number of hydrogen-bond donors (Lipinski definition) is 6. The van der Waals surface area contributed by atoms with Crippen LogP contribution in [-0.4, -0.2) is 102 Å². The van der Waals surface area contributed by atoms with E-state index in [4.69, 9.17) is 0 Å². The van der Waals surface area contributed by atoms with Crippen molar-refractivity contribution in [1.82, 2.24) is 41.7 Å². The summed E-state index contributed by atoms with van der Waals surface area (Å²) in [5.41, 5.74) is 6.00. The predicted molar refractivity (Wildman–Crippen MR) is 275 cm³/mol. The Morgan fingerprint density at radius 2 is 1.14 bits per heavy atom. The number of nitrogens with zero attached hydrogens (tertiary/aromatic N) is 2. The Bertz CT molecular complexity index is 2490. The summed E-state index contributed by atoms with van der Waals surface area (Å²) in [4.78, 5) is 90.4. The van der Waals surface area contributed by atoms with Crippen molar-refractivity contribution in [2.75, 3.05) is 20.6 Å². The van der Waals surface area contributed by atoms with Crippen LogP contribution >= 0.6 is 0 Å². The van der Waals surface area contributed by atoms with E-state index in [1.54, 1.807) is 30.8 Å². The van der Waals surface area contributed by atoms with Crippen molar-refractivity contribution in [2.24, 2.45) is 16.7 Å². The number of benzene rings is 3. The molecule has 3 aromatic rings. The Morgan fingerprint density at radius 1 is 0.606 bits per heavy atom. The summed E-state index contributed by atoms with van der Waals surface area (Å²) in [7, 11) is 3.47. The molecule has 1 saturated heterocycles. The largest absolute Gasteiger partial charge is 0.347 e. The number of carbonyl (C=O) groups is 6. The summed E-state index contributed by atoms with van der Waals surface area (Å²) in [6.07, 6.45) is 7.87. The van der Waals surface area contributed by atoms with Crippen molar-refractivity contribution in [3.05, 3.63) is 106 Å². The first-order valence-electron chi connectivity index (χ1n) is 26.2. The van der Waals surface area contributed by atoms with Gasteiger partial charge in [0.05, 0.1) is 24.2 Å². The third-order valence-electron chi connectivity index (χ3n) is 16.0. The van der Waals surface area contributed by atoms with Gasteiger partial charge >= 0.3 is 0 Å². The lowest BCUT2D eigenvalue weighted by molar-refractivity contribution is -0.147. The molecular formula is C57H78N8O6. The van der Waals surface area contributed by atoms with Crippen molar-refractivity contribution >= 4 is 35.4 Å². The number of amides is 6. The van der Waals surface area contributed by atoms with Crippen LogP contribution in [0.3, 0.4) is 0 Å². The van der Waals surface area contributed by atoms with Crippen LogP contribution in [0.1, 0.15) is 150 Å². The summed E-state index contributed by atoms with van der Waals surface area (Å²) in [5, 5.41) is 19.0. The van der Waals surface area contributed by atoms with E-state index in [0.29, 0.717) is 6.42 Å². The molecule has 0 aromatic heterocycles. The monoisotopic (exact) mass is 971 g/mol. The van der Waals surface area contributed by atoms with Gasteiger partial charge in [0.1, 0.15) is 24.2 Å². The van der Waals surface area contributed by atoms with Gasteiger partial charge in [-0.1, -0.05) is 108 Å². The molecule has 14 heteroatoms. The fraction of sp³-hybridized carbons (Fsp3) is 0.579. The lowest BCUT2D eigenvalue weighted by Crippen LogP contribution is -2.62. The number of fused-ring (bicyclic) bond motifs is 3. The minimum Gasteiger partial charge on any atom is -0.347 e. The molecule has 6 amide bonds. The van der Waals surface area contributed by atoms with E-state index in [9.17, 15) is 19.2 Å². The van der Waals surface area contributed by atoms with Crippen LogP contribution in [-0.2, 0) is 54.6 Å². The highest BCUT2D eigenvalue weighted by Crippen LogP contribution is 2.39. The molecule has 1 saturated carbocycles. The molecule has 2 heterocycles. The second-order valence-electron chi connectivity index (χ2n) is 23.2. The number of likely N-dealkylation sites (N-methyl/N-ethyl adjacent to an activating group) is 2. The minimum absolute atomic E-state index is 0.129. The van der Waals surface area contributed by atoms with Gasteiger partial charge in [0.15, 0.2) is 0 Å². The predicted octanol–water partition coefficient (Wildman–Crippen LogP) is 5.68. The van der Waals surface area contributed by atoms with Crippen LogP contribution in [0, 0.1) is 16.7 Å². The number of likely N-dealkylation sites (tertiary alicyclic amines) is 1. The average molecular weight is 971 g/mol. The Hall–Kier alpha value is -5.60. The fourth-order valence-corrected chi connectivity index (χ4v) is 11.5. The van der Waals surface area contributed by atoms with Crippen LogP contribution in [0.25, 0.3) is 0 Å². The molecule has 3 aliphatic carbocycles. The summed E-state index contributed by atoms with van der Waals surface area (Å²) in [6, 6.07) is 17.8. The van der Waals surface area contributed by atoms with Gasteiger partial charge in [-0.15, -0.1) is 0 Å². The summed E-state index contributed by atoms with van der Waals surface area (Å²) in [6.45, 7) is 13.7. The van der Waals surface area contributed by atoms with Crippen LogP contribution in [0.4, 0.5) is 0 Å². The Balaban J connectivity index is 1.11. The molecular weight excluding hydrogens is 893 g/mol. The van der Waals surface area contributed by atoms with Gasteiger partial charge in [-0.3, -0.25) is 28.8 Å². The standard InChI is InChI=1S/C57H78N8O6/c1-33(58-8)50(66)62-48(56(2,3)4)54(70)65-32-40(30-46(65)52(68)61-44-23-15-19-35-17-11-13-21-42(35)44)37-26-27-38-29-45(51(67)60-43-22-14-18-34-16-10-12-20-41(34)43)64(31-39(38)28-37)55(71)49(57(5,6)7)63-53(69)47(59-9)36-24-25-36/h10-13,16-17,20-21,26-28,33,36,40,43-49,58-59H,14-15,18-19,22-25,29-32H2,1-9H3,(H,60,67)(H,61,68)(H,62,66)(H,63,69)/t33-,40-,43+,44+,45-,46-,47-,48+,49+/m0/s1. The van der Waals surface area contributed by atoms with E-state index in [-0.39, 0.29) is 78.9 Å². The molecule has 9 atom stereocenters. The van der Waals surface area contributed by atoms with Crippen LogP contribution in [0.5, 0.6) is 0 Å². The molecule has 5 aliphatic rings. The molecule has 2 fully saturated rings. The zero-order valence-electron chi connectivity index (χ0n) is 43.5. The minimum atomic E-state index is -0.919. The highest BCUT2D eigenvalue weighted by atomic mass is 16.2. The van der Waals surface area contributed by atoms with Gasteiger partial charge in [-0.2, -0.15) is 0 Å². The van der Waals surface area contributed by atoms with Gasteiger partial charge in [0.25, 0.3) is 0 Å². The van der Waals surface area contributed by atoms with Crippen molar-refractivity contribution in [3.8, 4) is 0 Å². The highest BCUT2D eigenvalue weighted by Gasteiger charge is 2.48. The SMILES string of the molecule is CN[C@@H](C)C(=O)N[C@H](C(=O)N1C[C@@H](c2ccc3c(c2)CN(C(=O)[C@@H](NC(=O)[C@@H](NC)C2CC2)C(C)(C)C)[C@H](C(=O)N[C@@H]2CCCc4ccccc42)C3)C[C@H]1C(=O)N[C@@H]1CCCc2ccccc21)C(C)(C)C. The molecule has 8 rings (SSSR count). The van der Waals surface area contributed by atoms with Crippen LogP contribution in [0.2, 0.25) is 0 Å². The normalized spacial score (nSPS) is 23.7. The van der Waals surface area contributed by atoms with Gasteiger partial charge < -0.3 is 41.7 Å². The lowest BCUT2D eigenvalue weighted by Gasteiger charge is -2.42. The van der Waals surface area contributed by atoms with Crippen molar-refractivity contribution < 1.29 is 28.8 Å². The Labute approximate surface area is 421 Å². The lowest BCUT2D eigenvalue weighted by atomic mass is 9.83. The second-order valence-corrected chi connectivity index (χ2v) is 23.2. The van der Waals surface area contributed by atoms with Crippen LogP contribution in [0.15, 0.2) is 66.7 Å². The summed E-state index contributed by atoms with van der Waals surface area (Å²) in [5.74, 6) is -1.68. The van der Waals surface area contributed by atoms with E-state index in [0.717, 1.165) is 79.2 Å². The van der Waals surface area contributed by atoms with Gasteiger partial charge in [0, 0.05) is 25.4 Å². The fourth-order valence-electron chi connectivity index (χ4n) is 11.5. The molecule has 71 heavy (non-hydrogen) atoms. The molecule has 382 valence electrons. The van der Waals surface area contributed by atoms with Gasteiger partial charge in [-0.25, -0.2) is 0 Å². The molecule has 0 spiro atoms. The molecule has 0 unspecified atom stereocenters. The first-order chi connectivity index (χ1) is 33.8. The van der Waals surface area contributed by atoms with Crippen molar-refractivity contribution in [2.45, 2.75) is 173 Å². The maximum atomic E-state index is 15.3. The summed E-state index contributed by atoms with van der Waals surface area (Å²) < 4.78 is 0. The van der Waals surface area contributed by atoms with E-state index in [1.165, 1.54) is 11.1 Å². The third-order valence-corrected chi connectivity index (χ3v) is 16.0. The molecule has 6 N–H and O–H groups in total.